The maximum absolute atomic E-state index is 12.3. The quantitative estimate of drug-likeness (QED) is 0.447. The number of hydrogen-bond acceptors (Lipinski definition) is 5. The zero-order valence-electron chi connectivity index (χ0n) is 16.8. The Hall–Kier alpha value is -2.90. The first-order valence-electron chi connectivity index (χ1n) is 9.76. The fourth-order valence-corrected chi connectivity index (χ4v) is 3.00. The van der Waals surface area contributed by atoms with Crippen LogP contribution in [0.1, 0.15) is 36.0 Å². The van der Waals surface area contributed by atoms with Crippen molar-refractivity contribution < 1.29 is 19.1 Å². The molecule has 2 aromatic rings. The molecular weight excluding hydrogens is 370 g/mol. The Morgan fingerprint density at radius 1 is 1.14 bits per heavy atom. The third kappa shape index (κ3) is 7.21. The van der Waals surface area contributed by atoms with E-state index >= 15 is 0 Å². The number of hydroxylamine groups is 1. The smallest absolute Gasteiger partial charge is 0.414 e. The summed E-state index contributed by atoms with van der Waals surface area (Å²) in [4.78, 5) is 22.3. The number of aryl methyl sites for hydroxylation is 2. The van der Waals surface area contributed by atoms with Crippen LogP contribution in [0.3, 0.4) is 0 Å². The van der Waals surface area contributed by atoms with Crippen LogP contribution in [-0.2, 0) is 20.9 Å². The summed E-state index contributed by atoms with van der Waals surface area (Å²) >= 11 is 0. The molecule has 1 fully saturated rings. The Morgan fingerprint density at radius 2 is 1.90 bits per heavy atom. The highest BCUT2D eigenvalue weighted by Gasteiger charge is 2.16. The molecule has 0 radical (unpaired) electrons. The lowest BCUT2D eigenvalue weighted by Crippen LogP contribution is -2.43. The number of nitrogens with one attached hydrogen (secondary N) is 2. The van der Waals surface area contributed by atoms with Crippen molar-refractivity contribution in [2.45, 2.75) is 46.0 Å². The van der Waals surface area contributed by atoms with E-state index in [2.05, 4.69) is 21.9 Å². The molecule has 29 heavy (non-hydrogen) atoms. The van der Waals surface area contributed by atoms with Gasteiger partial charge in [-0.1, -0.05) is 36.4 Å². The molecule has 0 aromatic heterocycles. The van der Waals surface area contributed by atoms with Gasteiger partial charge in [-0.2, -0.15) is 0 Å². The van der Waals surface area contributed by atoms with Crippen molar-refractivity contribution in [2.24, 2.45) is 4.99 Å². The summed E-state index contributed by atoms with van der Waals surface area (Å²) in [6.07, 6.45) is 1.83. The van der Waals surface area contributed by atoms with E-state index in [0.717, 1.165) is 36.0 Å². The van der Waals surface area contributed by atoms with Gasteiger partial charge in [0.1, 0.15) is 6.61 Å². The van der Waals surface area contributed by atoms with E-state index < -0.39 is 6.09 Å². The SMILES string of the molecule is Cc1cc(C)cc(N=C(NOC2CCCCO2)NC(=O)OCc2ccccc2)c1. The Kier molecular flexibility index (Phi) is 7.61. The highest BCUT2D eigenvalue weighted by molar-refractivity contribution is 5.94. The Morgan fingerprint density at radius 3 is 2.59 bits per heavy atom. The number of carbonyl (C=O) groups is 1. The van der Waals surface area contributed by atoms with Gasteiger partial charge in [-0.15, -0.1) is 0 Å². The zero-order valence-corrected chi connectivity index (χ0v) is 16.8. The Balaban J connectivity index is 1.65. The van der Waals surface area contributed by atoms with Crippen molar-refractivity contribution in [3.8, 4) is 0 Å². The number of benzene rings is 2. The van der Waals surface area contributed by atoms with E-state index in [4.69, 9.17) is 14.3 Å². The molecule has 154 valence electrons. The molecule has 0 aliphatic carbocycles. The maximum atomic E-state index is 12.3. The number of nitrogens with zero attached hydrogens (tertiary/aromatic N) is 1. The molecule has 7 nitrogen and oxygen atoms in total. The predicted octanol–water partition coefficient (Wildman–Crippen LogP) is 4.27. The summed E-state index contributed by atoms with van der Waals surface area (Å²) in [5.74, 6) is 0.141. The van der Waals surface area contributed by atoms with Crippen LogP contribution in [0.5, 0.6) is 0 Å². The molecule has 0 saturated carbocycles. The summed E-state index contributed by atoms with van der Waals surface area (Å²) < 4.78 is 10.8. The number of alkyl carbamates (subject to hydrolysis) is 1. The normalized spacial score (nSPS) is 16.9. The van der Waals surface area contributed by atoms with E-state index in [9.17, 15) is 4.79 Å². The second kappa shape index (κ2) is 10.6. The van der Waals surface area contributed by atoms with Crippen LogP contribution >= 0.6 is 0 Å². The summed E-state index contributed by atoms with van der Waals surface area (Å²) in [5, 5.41) is 2.61. The first kappa shape index (κ1) is 20.8. The maximum Gasteiger partial charge on any atom is 0.414 e. The van der Waals surface area contributed by atoms with Crippen molar-refractivity contribution in [3.05, 3.63) is 65.2 Å². The fraction of sp³-hybridized carbons (Fsp3) is 0.364. The minimum atomic E-state index is -0.627. The van der Waals surface area contributed by atoms with Crippen LogP contribution in [-0.4, -0.2) is 24.9 Å². The van der Waals surface area contributed by atoms with Gasteiger partial charge in [0, 0.05) is 13.0 Å². The number of hydrogen-bond donors (Lipinski definition) is 2. The van der Waals surface area contributed by atoms with Crippen LogP contribution in [0.2, 0.25) is 0 Å². The van der Waals surface area contributed by atoms with Gasteiger partial charge in [0.2, 0.25) is 5.96 Å². The summed E-state index contributed by atoms with van der Waals surface area (Å²) in [5.41, 5.74) is 6.46. The third-order valence-corrected chi connectivity index (χ3v) is 4.31. The van der Waals surface area contributed by atoms with Crippen LogP contribution in [0.25, 0.3) is 0 Å². The van der Waals surface area contributed by atoms with Gasteiger partial charge in [-0.25, -0.2) is 20.1 Å². The molecule has 1 atom stereocenters. The van der Waals surface area contributed by atoms with E-state index in [0.29, 0.717) is 12.3 Å². The number of aliphatic imine (C=N–C) groups is 1. The van der Waals surface area contributed by atoms with Crippen LogP contribution in [0, 0.1) is 13.8 Å². The van der Waals surface area contributed by atoms with Crippen LogP contribution < -0.4 is 10.8 Å². The minimum Gasteiger partial charge on any atom is -0.444 e. The summed E-state index contributed by atoms with van der Waals surface area (Å²) in [7, 11) is 0. The third-order valence-electron chi connectivity index (χ3n) is 4.31. The molecule has 7 heteroatoms. The molecule has 0 spiro atoms. The monoisotopic (exact) mass is 397 g/mol. The second-order valence-corrected chi connectivity index (χ2v) is 7.01. The number of ether oxygens (including phenoxy) is 2. The average Bonchev–Trinajstić information content (AvgIpc) is 2.71. The predicted molar refractivity (Wildman–Crippen MR) is 111 cm³/mol. The Labute approximate surface area is 171 Å². The van der Waals surface area contributed by atoms with Crippen molar-refractivity contribution >= 4 is 17.7 Å². The van der Waals surface area contributed by atoms with Gasteiger partial charge in [0.05, 0.1) is 5.69 Å². The molecule has 1 aliphatic rings. The molecule has 1 amide bonds. The van der Waals surface area contributed by atoms with Crippen LogP contribution in [0.4, 0.5) is 10.5 Å². The van der Waals surface area contributed by atoms with Gasteiger partial charge >= 0.3 is 6.09 Å². The highest BCUT2D eigenvalue weighted by atomic mass is 16.8. The number of amides is 1. The van der Waals surface area contributed by atoms with Gasteiger partial charge in [-0.05, 0) is 55.5 Å². The van der Waals surface area contributed by atoms with Gasteiger partial charge in [0.25, 0.3) is 0 Å². The Bertz CT molecular complexity index is 813. The highest BCUT2D eigenvalue weighted by Crippen LogP contribution is 2.17. The van der Waals surface area contributed by atoms with Crippen LogP contribution in [0.15, 0.2) is 53.5 Å². The van der Waals surface area contributed by atoms with Crippen molar-refractivity contribution in [3.63, 3.8) is 0 Å². The second-order valence-electron chi connectivity index (χ2n) is 7.01. The lowest BCUT2D eigenvalue weighted by atomic mass is 10.1. The zero-order chi connectivity index (χ0) is 20.5. The first-order valence-corrected chi connectivity index (χ1v) is 9.76. The molecule has 1 saturated heterocycles. The summed E-state index contributed by atoms with van der Waals surface area (Å²) in [6, 6.07) is 15.4. The number of carbonyl (C=O) groups excluding carboxylic acids is 1. The van der Waals surface area contributed by atoms with Crippen molar-refractivity contribution in [1.29, 1.82) is 0 Å². The van der Waals surface area contributed by atoms with Gasteiger partial charge < -0.3 is 9.47 Å². The van der Waals surface area contributed by atoms with Crippen molar-refractivity contribution in [2.75, 3.05) is 6.61 Å². The molecular formula is C22H27N3O4. The minimum absolute atomic E-state index is 0.141. The molecule has 3 rings (SSSR count). The molecule has 1 aliphatic heterocycles. The van der Waals surface area contributed by atoms with E-state index in [1.54, 1.807) is 0 Å². The largest absolute Gasteiger partial charge is 0.444 e. The first-order chi connectivity index (χ1) is 14.1. The molecule has 2 aromatic carbocycles. The molecule has 0 bridgehead atoms. The van der Waals surface area contributed by atoms with E-state index in [1.807, 2.05) is 56.3 Å². The molecule has 1 heterocycles. The topological polar surface area (TPSA) is 81.2 Å². The van der Waals surface area contributed by atoms with E-state index in [-0.39, 0.29) is 18.9 Å². The van der Waals surface area contributed by atoms with Gasteiger partial charge in [0.15, 0.2) is 6.29 Å². The van der Waals surface area contributed by atoms with Crippen molar-refractivity contribution in [1.82, 2.24) is 10.8 Å². The molecule has 1 unspecified atom stereocenters. The molecule has 2 N–H and O–H groups in total. The number of guanidine groups is 1. The summed E-state index contributed by atoms with van der Waals surface area (Å²) in [6.45, 7) is 4.80. The number of rotatable bonds is 5. The van der Waals surface area contributed by atoms with Gasteiger partial charge in [-0.3, -0.25) is 5.32 Å². The van der Waals surface area contributed by atoms with E-state index in [1.165, 1.54) is 0 Å². The lowest BCUT2D eigenvalue weighted by molar-refractivity contribution is -0.183. The standard InChI is InChI=1S/C22H27N3O4/c1-16-12-17(2)14-19(13-16)23-21(25-29-20-10-6-7-11-27-20)24-22(26)28-15-18-8-4-3-5-9-18/h3-5,8-9,12-14,20H,6-7,10-11,15H2,1-2H3,(H2,23,24,25,26). The fourth-order valence-electron chi connectivity index (χ4n) is 3.00. The lowest BCUT2D eigenvalue weighted by Gasteiger charge is -2.23. The average molecular weight is 397 g/mol.